The SMILES string of the molecule is CCOC(=O)C(C(=O)OCC)C(c1ccccc1)c1c(O)[nH]c(=O)[nH]c1=O. The summed E-state index contributed by atoms with van der Waals surface area (Å²) in [6, 6.07) is 8.17. The molecule has 2 aromatic rings. The van der Waals surface area contributed by atoms with Crippen LogP contribution in [-0.4, -0.2) is 40.2 Å². The van der Waals surface area contributed by atoms with Crippen LogP contribution in [0.3, 0.4) is 0 Å². The zero-order valence-corrected chi connectivity index (χ0v) is 14.9. The van der Waals surface area contributed by atoms with Gasteiger partial charge in [0.2, 0.25) is 5.88 Å². The number of nitrogens with one attached hydrogen (secondary N) is 2. The Bertz CT molecular complexity index is 899. The summed E-state index contributed by atoms with van der Waals surface area (Å²) in [6.07, 6.45) is 0. The number of aromatic nitrogens is 2. The summed E-state index contributed by atoms with van der Waals surface area (Å²) in [5, 5.41) is 10.2. The third kappa shape index (κ3) is 4.43. The van der Waals surface area contributed by atoms with Crippen molar-refractivity contribution in [3.05, 3.63) is 62.3 Å². The second-order valence-corrected chi connectivity index (χ2v) is 5.54. The third-order valence-electron chi connectivity index (χ3n) is 3.84. The van der Waals surface area contributed by atoms with Crippen LogP contribution in [0.15, 0.2) is 39.9 Å². The van der Waals surface area contributed by atoms with E-state index in [1.165, 1.54) is 0 Å². The first-order valence-electron chi connectivity index (χ1n) is 8.34. The Labute approximate surface area is 154 Å². The van der Waals surface area contributed by atoms with E-state index in [2.05, 4.69) is 4.98 Å². The fourth-order valence-corrected chi connectivity index (χ4v) is 2.79. The molecule has 0 amide bonds. The number of esters is 2. The van der Waals surface area contributed by atoms with Crippen molar-refractivity contribution in [2.45, 2.75) is 19.8 Å². The molecule has 3 N–H and O–H groups in total. The van der Waals surface area contributed by atoms with Gasteiger partial charge in [-0.3, -0.25) is 24.4 Å². The van der Waals surface area contributed by atoms with Crippen LogP contribution in [0.4, 0.5) is 0 Å². The maximum absolute atomic E-state index is 12.5. The molecule has 0 bridgehead atoms. The summed E-state index contributed by atoms with van der Waals surface area (Å²) in [5.41, 5.74) is -1.80. The maximum atomic E-state index is 12.5. The Morgan fingerprint density at radius 2 is 1.56 bits per heavy atom. The largest absolute Gasteiger partial charge is 0.494 e. The van der Waals surface area contributed by atoms with Crippen molar-refractivity contribution in [3.8, 4) is 5.88 Å². The molecule has 1 aromatic carbocycles. The molecule has 27 heavy (non-hydrogen) atoms. The first kappa shape index (κ1) is 20.0. The van der Waals surface area contributed by atoms with Gasteiger partial charge in [0.1, 0.15) is 0 Å². The van der Waals surface area contributed by atoms with Crippen LogP contribution in [0.25, 0.3) is 0 Å². The molecule has 1 atom stereocenters. The molecule has 0 saturated carbocycles. The minimum atomic E-state index is -1.55. The smallest absolute Gasteiger partial charge is 0.328 e. The van der Waals surface area contributed by atoms with Crippen LogP contribution in [-0.2, 0) is 19.1 Å². The molecule has 9 heteroatoms. The standard InChI is InChI=1S/C18H20N2O7/c1-3-26-16(23)13(17(24)27-4-2)11(10-8-6-5-7-9-10)12-14(21)19-18(25)20-15(12)22/h5-9,11,13H,3-4H2,1-2H3,(H3,19,20,21,22,25). The number of rotatable bonds is 7. The van der Waals surface area contributed by atoms with Crippen LogP contribution < -0.4 is 11.2 Å². The molecule has 9 nitrogen and oxygen atoms in total. The average Bonchev–Trinajstić information content (AvgIpc) is 2.61. The topological polar surface area (TPSA) is 139 Å². The van der Waals surface area contributed by atoms with E-state index in [0.717, 1.165) is 0 Å². The minimum absolute atomic E-state index is 0.00418. The number of benzene rings is 1. The Hall–Kier alpha value is -3.36. The molecular weight excluding hydrogens is 356 g/mol. The molecule has 0 spiro atoms. The highest BCUT2D eigenvalue weighted by molar-refractivity contribution is 5.96. The molecule has 0 aliphatic heterocycles. The molecular formula is C18H20N2O7. The number of aromatic amines is 2. The number of H-pyrrole nitrogens is 2. The van der Waals surface area contributed by atoms with E-state index in [1.807, 2.05) is 4.98 Å². The number of hydrogen-bond acceptors (Lipinski definition) is 7. The van der Waals surface area contributed by atoms with E-state index < -0.39 is 40.9 Å². The lowest BCUT2D eigenvalue weighted by Gasteiger charge is -2.24. The van der Waals surface area contributed by atoms with Crippen molar-refractivity contribution in [2.24, 2.45) is 5.92 Å². The molecule has 0 radical (unpaired) electrons. The third-order valence-corrected chi connectivity index (χ3v) is 3.84. The van der Waals surface area contributed by atoms with Gasteiger partial charge in [0.15, 0.2) is 5.92 Å². The average molecular weight is 376 g/mol. The quantitative estimate of drug-likeness (QED) is 0.476. The van der Waals surface area contributed by atoms with Gasteiger partial charge in [-0.05, 0) is 19.4 Å². The molecule has 1 aromatic heterocycles. The van der Waals surface area contributed by atoms with E-state index in [9.17, 15) is 24.3 Å². The molecule has 1 heterocycles. The highest BCUT2D eigenvalue weighted by atomic mass is 16.6. The fraction of sp³-hybridized carbons (Fsp3) is 0.333. The Balaban J connectivity index is 2.74. The summed E-state index contributed by atoms with van der Waals surface area (Å²) >= 11 is 0. The van der Waals surface area contributed by atoms with E-state index >= 15 is 0 Å². The zero-order chi connectivity index (χ0) is 20.0. The Morgan fingerprint density at radius 1 is 1.00 bits per heavy atom. The van der Waals surface area contributed by atoms with Gasteiger partial charge in [-0.25, -0.2) is 4.79 Å². The first-order valence-corrected chi connectivity index (χ1v) is 8.34. The second kappa shape index (κ2) is 8.84. The summed E-state index contributed by atoms with van der Waals surface area (Å²) in [4.78, 5) is 53.0. The summed E-state index contributed by atoms with van der Waals surface area (Å²) in [6.45, 7) is 3.15. The normalized spacial score (nSPS) is 11.8. The second-order valence-electron chi connectivity index (χ2n) is 5.54. The highest BCUT2D eigenvalue weighted by Crippen LogP contribution is 2.35. The minimum Gasteiger partial charge on any atom is -0.494 e. The maximum Gasteiger partial charge on any atom is 0.328 e. The van der Waals surface area contributed by atoms with Crippen LogP contribution in [0, 0.1) is 5.92 Å². The fourth-order valence-electron chi connectivity index (χ4n) is 2.79. The van der Waals surface area contributed by atoms with E-state index in [0.29, 0.717) is 5.56 Å². The van der Waals surface area contributed by atoms with Crippen molar-refractivity contribution >= 4 is 11.9 Å². The number of aromatic hydroxyl groups is 1. The lowest BCUT2D eigenvalue weighted by Crippen LogP contribution is -2.37. The Morgan fingerprint density at radius 3 is 2.04 bits per heavy atom. The predicted molar refractivity (Wildman–Crippen MR) is 94.4 cm³/mol. The predicted octanol–water partition coefficient (Wildman–Crippen LogP) is 0.643. The molecule has 0 aliphatic carbocycles. The summed E-state index contributed by atoms with van der Waals surface area (Å²) in [7, 11) is 0. The van der Waals surface area contributed by atoms with Crippen LogP contribution in [0.1, 0.15) is 30.9 Å². The van der Waals surface area contributed by atoms with Gasteiger partial charge in [0.25, 0.3) is 5.56 Å². The highest BCUT2D eigenvalue weighted by Gasteiger charge is 2.42. The lowest BCUT2D eigenvalue weighted by molar-refractivity contribution is -0.162. The molecule has 0 aliphatic rings. The number of ether oxygens (including phenoxy) is 2. The number of carbonyl (C=O) groups is 2. The van der Waals surface area contributed by atoms with Gasteiger partial charge in [0, 0.05) is 5.92 Å². The molecule has 0 saturated heterocycles. The van der Waals surface area contributed by atoms with Crippen molar-refractivity contribution in [3.63, 3.8) is 0 Å². The van der Waals surface area contributed by atoms with Gasteiger partial charge >= 0.3 is 17.6 Å². The van der Waals surface area contributed by atoms with Crippen molar-refractivity contribution < 1.29 is 24.2 Å². The van der Waals surface area contributed by atoms with Crippen LogP contribution >= 0.6 is 0 Å². The molecule has 1 unspecified atom stereocenters. The molecule has 0 fully saturated rings. The number of hydrogen-bond donors (Lipinski definition) is 3. The van der Waals surface area contributed by atoms with Gasteiger partial charge in [-0.15, -0.1) is 0 Å². The molecule has 2 rings (SSSR count). The zero-order valence-electron chi connectivity index (χ0n) is 14.9. The van der Waals surface area contributed by atoms with E-state index in [4.69, 9.17) is 9.47 Å². The first-order chi connectivity index (χ1) is 12.9. The van der Waals surface area contributed by atoms with Crippen molar-refractivity contribution in [2.75, 3.05) is 13.2 Å². The van der Waals surface area contributed by atoms with Crippen molar-refractivity contribution in [1.29, 1.82) is 0 Å². The van der Waals surface area contributed by atoms with Crippen molar-refractivity contribution in [1.82, 2.24) is 9.97 Å². The summed E-state index contributed by atoms with van der Waals surface area (Å²) < 4.78 is 9.99. The van der Waals surface area contributed by atoms with Gasteiger partial charge in [-0.2, -0.15) is 0 Å². The van der Waals surface area contributed by atoms with Gasteiger partial charge < -0.3 is 14.6 Å². The monoisotopic (exact) mass is 376 g/mol. The van der Waals surface area contributed by atoms with Crippen LogP contribution in [0.5, 0.6) is 5.88 Å². The van der Waals surface area contributed by atoms with Gasteiger partial charge in [0.05, 0.1) is 18.8 Å². The van der Waals surface area contributed by atoms with E-state index in [-0.39, 0.29) is 18.8 Å². The van der Waals surface area contributed by atoms with E-state index in [1.54, 1.807) is 44.2 Å². The Kier molecular flexibility index (Phi) is 6.53. The molecule has 144 valence electrons. The van der Waals surface area contributed by atoms with Crippen LogP contribution in [0.2, 0.25) is 0 Å². The lowest BCUT2D eigenvalue weighted by atomic mass is 9.81. The summed E-state index contributed by atoms with van der Waals surface area (Å²) in [5.74, 6) is -5.34. The van der Waals surface area contributed by atoms with Gasteiger partial charge in [-0.1, -0.05) is 30.3 Å². The number of carbonyl (C=O) groups excluding carboxylic acids is 2.